The summed E-state index contributed by atoms with van der Waals surface area (Å²) < 4.78 is 67.9. The number of carbonyl (C=O) groups excluding carboxylic acids is 4. The summed E-state index contributed by atoms with van der Waals surface area (Å²) in [4.78, 5) is 72.1. The highest BCUT2D eigenvalue weighted by Gasteiger charge is 2.30. The van der Waals surface area contributed by atoms with Gasteiger partial charge in [-0.15, -0.1) is 0 Å². The number of aliphatic hydroxyl groups is 1. The molecule has 0 aliphatic carbocycles. The minimum atomic E-state index is -4.95. The van der Waals surface area contributed by atoms with Gasteiger partial charge in [-0.05, 0) is 37.5 Å². The number of aliphatic hydroxyl groups excluding tert-OH is 1. The van der Waals surface area contributed by atoms with Crippen LogP contribution in [0.15, 0.2) is 0 Å². The van der Waals surface area contributed by atoms with Crippen LogP contribution in [-0.4, -0.2) is 96.7 Å². The molecule has 0 amide bonds. The molecule has 0 aliphatic heterocycles. The van der Waals surface area contributed by atoms with E-state index in [1.54, 1.807) is 0 Å². The Morgan fingerprint density at radius 3 is 0.773 bits per heavy atom. The molecule has 0 saturated carbocycles. The first-order valence-corrected chi connectivity index (χ1v) is 39.0. The zero-order chi connectivity index (χ0) is 65.0. The molecule has 0 fully saturated rings. The second-order valence-corrected chi connectivity index (χ2v) is 28.8. The van der Waals surface area contributed by atoms with E-state index in [-0.39, 0.29) is 25.7 Å². The molecule has 0 heterocycles. The van der Waals surface area contributed by atoms with Gasteiger partial charge in [-0.2, -0.15) is 0 Å². The molecular weight excluding hydrogens is 1160 g/mol. The van der Waals surface area contributed by atoms with Crippen molar-refractivity contribution >= 4 is 39.5 Å². The largest absolute Gasteiger partial charge is 0.472 e. The second-order valence-electron chi connectivity index (χ2n) is 25.9. The number of phosphoric acid groups is 2. The van der Waals surface area contributed by atoms with Crippen LogP contribution in [0.3, 0.4) is 0 Å². The molecule has 0 aliphatic rings. The molecule has 3 N–H and O–H groups in total. The van der Waals surface area contributed by atoms with Gasteiger partial charge in [0.05, 0.1) is 26.4 Å². The fourth-order valence-corrected chi connectivity index (χ4v) is 12.0. The van der Waals surface area contributed by atoms with Gasteiger partial charge in [0.15, 0.2) is 12.2 Å². The molecule has 0 aromatic carbocycles. The topological polar surface area (TPSA) is 237 Å². The Labute approximate surface area is 537 Å². The molecule has 0 rings (SSSR count). The Kier molecular flexibility index (Phi) is 59.9. The van der Waals surface area contributed by atoms with E-state index < -0.39 is 97.5 Å². The van der Waals surface area contributed by atoms with Gasteiger partial charge in [0, 0.05) is 25.7 Å². The van der Waals surface area contributed by atoms with Crippen LogP contribution in [0.2, 0.25) is 0 Å². The first kappa shape index (κ1) is 86.1. The second kappa shape index (κ2) is 61.3. The molecule has 5 atom stereocenters. The zero-order valence-electron chi connectivity index (χ0n) is 57.0. The maximum atomic E-state index is 13.0. The zero-order valence-corrected chi connectivity index (χ0v) is 58.8. The lowest BCUT2D eigenvalue weighted by atomic mass is 10.0. The van der Waals surface area contributed by atoms with Crippen molar-refractivity contribution in [2.45, 2.75) is 368 Å². The number of ether oxygens (including phenoxy) is 4. The van der Waals surface area contributed by atoms with Gasteiger partial charge in [-0.3, -0.25) is 37.3 Å². The third kappa shape index (κ3) is 62.8. The molecule has 0 bridgehead atoms. The van der Waals surface area contributed by atoms with Crippen molar-refractivity contribution in [1.82, 2.24) is 0 Å². The first-order valence-electron chi connectivity index (χ1n) is 36.0. The Hall–Kier alpha value is -1.94. The Bertz CT molecular complexity index is 1720. The van der Waals surface area contributed by atoms with E-state index in [2.05, 4.69) is 41.5 Å². The molecular formula is C69H134O17P2. The highest BCUT2D eigenvalue weighted by molar-refractivity contribution is 7.47. The standard InChI is InChI=1S/C69H134O17P2/c1-7-9-11-13-14-15-16-17-18-19-20-21-22-23-24-25-26-27-28-35-41-47-53-68(73)86-65(58-80-67(72)52-46-40-34-30-29-32-38-43-49-61(3)4)60-84-88(77,78)82-56-63(70)55-81-87(75,76)83-59-64(57-79-66(71)51-45-37-12-10-8-2)85-69(74)54-48-42-36-31-33-39-44-50-62(5)6/h61-65,70H,7-60H2,1-6H3,(H,75,76)(H,77,78)/t63-,64+,65+/m0/s1. The summed E-state index contributed by atoms with van der Waals surface area (Å²) in [6.45, 7) is 9.34. The summed E-state index contributed by atoms with van der Waals surface area (Å²) in [6, 6.07) is 0. The summed E-state index contributed by atoms with van der Waals surface area (Å²) in [7, 11) is -9.89. The Morgan fingerprint density at radius 2 is 0.523 bits per heavy atom. The van der Waals surface area contributed by atoms with E-state index in [1.165, 1.54) is 161 Å². The van der Waals surface area contributed by atoms with Crippen LogP contribution in [-0.2, 0) is 65.4 Å². The number of esters is 4. The van der Waals surface area contributed by atoms with Gasteiger partial charge < -0.3 is 33.8 Å². The SMILES string of the molecule is CCCCCCCCCCCCCCCCCCCCCCCCC(=O)O[C@H](COC(=O)CCCCCCCCCCC(C)C)COP(=O)(O)OC[C@@H](O)COP(=O)(O)OC[C@@H](COC(=O)CCCCCCC)OC(=O)CCCCCCCCCC(C)C. The van der Waals surface area contributed by atoms with Crippen LogP contribution in [0.1, 0.15) is 350 Å². The van der Waals surface area contributed by atoms with Crippen molar-refractivity contribution in [2.24, 2.45) is 11.8 Å². The number of unbranched alkanes of at least 4 members (excludes halogenated alkanes) is 38. The van der Waals surface area contributed by atoms with Crippen molar-refractivity contribution in [2.75, 3.05) is 39.6 Å². The summed E-state index contributed by atoms with van der Waals surface area (Å²) >= 11 is 0. The quantitative estimate of drug-likeness (QED) is 0.0222. The van der Waals surface area contributed by atoms with Crippen LogP contribution < -0.4 is 0 Å². The van der Waals surface area contributed by atoms with Crippen molar-refractivity contribution in [3.8, 4) is 0 Å². The summed E-state index contributed by atoms with van der Waals surface area (Å²) in [5.41, 5.74) is 0. The highest BCUT2D eigenvalue weighted by Crippen LogP contribution is 2.45. The average molecular weight is 1300 g/mol. The summed E-state index contributed by atoms with van der Waals surface area (Å²) in [6.07, 6.45) is 46.6. The van der Waals surface area contributed by atoms with Gasteiger partial charge >= 0.3 is 39.5 Å². The molecule has 2 unspecified atom stereocenters. The van der Waals surface area contributed by atoms with Gasteiger partial charge in [-0.25, -0.2) is 9.13 Å². The predicted molar refractivity (Wildman–Crippen MR) is 354 cm³/mol. The van der Waals surface area contributed by atoms with Crippen LogP contribution in [0.4, 0.5) is 0 Å². The third-order valence-electron chi connectivity index (χ3n) is 16.0. The lowest BCUT2D eigenvalue weighted by molar-refractivity contribution is -0.161. The van der Waals surface area contributed by atoms with E-state index in [1.807, 2.05) is 0 Å². The monoisotopic (exact) mass is 1300 g/mol. The van der Waals surface area contributed by atoms with Crippen molar-refractivity contribution < 1.29 is 80.2 Å². The summed E-state index contributed by atoms with van der Waals surface area (Å²) in [5, 5.41) is 10.5. The Balaban J connectivity index is 5.07. The minimum absolute atomic E-state index is 0.102. The number of rotatable bonds is 68. The molecule has 0 radical (unpaired) electrons. The maximum absolute atomic E-state index is 13.0. The minimum Gasteiger partial charge on any atom is -0.462 e. The van der Waals surface area contributed by atoms with Gasteiger partial charge in [0.25, 0.3) is 0 Å². The van der Waals surface area contributed by atoms with Crippen LogP contribution in [0.25, 0.3) is 0 Å². The van der Waals surface area contributed by atoms with E-state index in [4.69, 9.17) is 37.0 Å². The normalized spacial score (nSPS) is 14.2. The molecule has 522 valence electrons. The van der Waals surface area contributed by atoms with E-state index in [9.17, 15) is 43.2 Å². The van der Waals surface area contributed by atoms with Crippen LogP contribution >= 0.6 is 15.6 Å². The van der Waals surface area contributed by atoms with Gasteiger partial charge in [0.2, 0.25) is 0 Å². The molecule has 0 aromatic rings. The predicted octanol–water partition coefficient (Wildman–Crippen LogP) is 19.6. The first-order chi connectivity index (χ1) is 42.4. The van der Waals surface area contributed by atoms with E-state index >= 15 is 0 Å². The van der Waals surface area contributed by atoms with Crippen molar-refractivity contribution in [3.63, 3.8) is 0 Å². The van der Waals surface area contributed by atoms with E-state index in [0.717, 1.165) is 102 Å². The van der Waals surface area contributed by atoms with Crippen molar-refractivity contribution in [3.05, 3.63) is 0 Å². The molecule has 19 heteroatoms. The fourth-order valence-electron chi connectivity index (χ4n) is 10.4. The van der Waals surface area contributed by atoms with Crippen LogP contribution in [0, 0.1) is 11.8 Å². The fraction of sp³-hybridized carbons (Fsp3) is 0.942. The lowest BCUT2D eigenvalue weighted by Crippen LogP contribution is -2.30. The van der Waals surface area contributed by atoms with Gasteiger partial charge in [0.1, 0.15) is 19.3 Å². The lowest BCUT2D eigenvalue weighted by Gasteiger charge is -2.21. The number of hydrogen-bond donors (Lipinski definition) is 3. The number of phosphoric ester groups is 2. The van der Waals surface area contributed by atoms with Crippen LogP contribution in [0.5, 0.6) is 0 Å². The third-order valence-corrected chi connectivity index (χ3v) is 17.9. The molecule has 0 saturated heterocycles. The van der Waals surface area contributed by atoms with E-state index in [0.29, 0.717) is 31.6 Å². The van der Waals surface area contributed by atoms with Crippen molar-refractivity contribution in [1.29, 1.82) is 0 Å². The molecule has 17 nitrogen and oxygen atoms in total. The highest BCUT2D eigenvalue weighted by atomic mass is 31.2. The Morgan fingerprint density at radius 1 is 0.307 bits per heavy atom. The number of hydrogen-bond acceptors (Lipinski definition) is 15. The summed E-state index contributed by atoms with van der Waals surface area (Å²) in [5.74, 6) is -0.720. The van der Waals surface area contributed by atoms with Gasteiger partial charge in [-0.1, -0.05) is 298 Å². The smallest absolute Gasteiger partial charge is 0.462 e. The molecule has 88 heavy (non-hydrogen) atoms. The molecule has 0 spiro atoms. The number of carbonyl (C=O) groups is 4. The maximum Gasteiger partial charge on any atom is 0.472 e. The molecule has 0 aromatic heterocycles. The average Bonchev–Trinajstić information content (AvgIpc) is 3.60.